The molecule has 0 radical (unpaired) electrons. The lowest BCUT2D eigenvalue weighted by Gasteiger charge is -2.20. The predicted octanol–water partition coefficient (Wildman–Crippen LogP) is 6.69. The summed E-state index contributed by atoms with van der Waals surface area (Å²) >= 11 is 0. The SMILES string of the molecule is CC(C)CC(Cc1ccc(C(=O)N(C)CCC(=O)O)cn1)c1ccc(-c2ccc(C(F)(F)F)cc2)cc1. The van der Waals surface area contributed by atoms with Crippen LogP contribution in [0.1, 0.15) is 59.8 Å². The van der Waals surface area contributed by atoms with Gasteiger partial charge in [-0.05, 0) is 65.6 Å². The van der Waals surface area contributed by atoms with Crippen molar-refractivity contribution in [2.75, 3.05) is 13.6 Å². The van der Waals surface area contributed by atoms with Gasteiger partial charge < -0.3 is 10.0 Å². The fraction of sp³-hybridized carbons (Fsp3) is 0.345. The van der Waals surface area contributed by atoms with E-state index in [2.05, 4.69) is 18.8 Å². The van der Waals surface area contributed by atoms with Crippen molar-refractivity contribution < 1.29 is 27.9 Å². The fourth-order valence-electron chi connectivity index (χ4n) is 4.22. The number of alkyl halides is 3. The van der Waals surface area contributed by atoms with Gasteiger partial charge in [0.05, 0.1) is 17.5 Å². The van der Waals surface area contributed by atoms with Gasteiger partial charge >= 0.3 is 12.1 Å². The number of halogens is 3. The number of carbonyl (C=O) groups excluding carboxylic acids is 1. The van der Waals surface area contributed by atoms with E-state index in [0.717, 1.165) is 40.9 Å². The van der Waals surface area contributed by atoms with Crippen LogP contribution >= 0.6 is 0 Å². The van der Waals surface area contributed by atoms with Crippen molar-refractivity contribution in [2.24, 2.45) is 5.92 Å². The van der Waals surface area contributed by atoms with E-state index in [1.807, 2.05) is 30.3 Å². The molecule has 0 bridgehead atoms. The van der Waals surface area contributed by atoms with Crippen LogP contribution in [0.3, 0.4) is 0 Å². The molecule has 1 N–H and O–H groups in total. The van der Waals surface area contributed by atoms with Gasteiger partial charge in [0.15, 0.2) is 0 Å². The summed E-state index contributed by atoms with van der Waals surface area (Å²) in [6, 6.07) is 16.5. The second-order valence-corrected chi connectivity index (χ2v) is 9.64. The topological polar surface area (TPSA) is 70.5 Å². The van der Waals surface area contributed by atoms with E-state index in [-0.39, 0.29) is 24.8 Å². The summed E-state index contributed by atoms with van der Waals surface area (Å²) in [5.74, 6) is -0.633. The van der Waals surface area contributed by atoms with E-state index in [9.17, 15) is 22.8 Å². The normalized spacial score (nSPS) is 12.4. The number of carboxylic acid groups (broad SMARTS) is 1. The molecule has 1 aromatic heterocycles. The minimum absolute atomic E-state index is 0.120. The molecule has 5 nitrogen and oxygen atoms in total. The molecular weight excluding hydrogens is 481 g/mol. The van der Waals surface area contributed by atoms with Crippen molar-refractivity contribution in [1.29, 1.82) is 0 Å². The third-order valence-corrected chi connectivity index (χ3v) is 6.22. The molecule has 0 aliphatic rings. The van der Waals surface area contributed by atoms with Gasteiger partial charge in [-0.15, -0.1) is 0 Å². The standard InChI is InChI=1S/C29H31F3N2O3/c1-19(2)16-24(17-26-13-10-23(18-33-26)28(37)34(3)15-14-27(35)36)22-6-4-20(5-7-22)21-8-11-25(12-9-21)29(30,31)32/h4-13,18-19,24H,14-17H2,1-3H3,(H,35,36). The van der Waals surface area contributed by atoms with Crippen molar-refractivity contribution in [3.63, 3.8) is 0 Å². The van der Waals surface area contributed by atoms with Crippen molar-refractivity contribution in [3.05, 3.63) is 89.2 Å². The van der Waals surface area contributed by atoms with E-state index < -0.39 is 17.7 Å². The zero-order valence-corrected chi connectivity index (χ0v) is 21.1. The van der Waals surface area contributed by atoms with Crippen LogP contribution in [0.15, 0.2) is 66.9 Å². The van der Waals surface area contributed by atoms with Gasteiger partial charge in [-0.3, -0.25) is 14.6 Å². The van der Waals surface area contributed by atoms with E-state index in [4.69, 9.17) is 5.11 Å². The van der Waals surface area contributed by atoms with E-state index in [0.29, 0.717) is 17.9 Å². The summed E-state index contributed by atoms with van der Waals surface area (Å²) in [6.45, 7) is 4.41. The van der Waals surface area contributed by atoms with Gasteiger partial charge in [-0.1, -0.05) is 50.2 Å². The fourth-order valence-corrected chi connectivity index (χ4v) is 4.22. The molecule has 0 saturated heterocycles. The number of aromatic nitrogens is 1. The second-order valence-electron chi connectivity index (χ2n) is 9.64. The zero-order chi connectivity index (χ0) is 27.2. The average molecular weight is 513 g/mol. The number of aliphatic carboxylic acids is 1. The maximum atomic E-state index is 12.9. The van der Waals surface area contributed by atoms with Gasteiger partial charge in [0, 0.05) is 25.5 Å². The van der Waals surface area contributed by atoms with Crippen LogP contribution in [0.2, 0.25) is 0 Å². The number of hydrogen-bond acceptors (Lipinski definition) is 3. The Morgan fingerprint density at radius 2 is 1.54 bits per heavy atom. The molecule has 37 heavy (non-hydrogen) atoms. The Bertz CT molecular complexity index is 1190. The van der Waals surface area contributed by atoms with Crippen LogP contribution in [0.25, 0.3) is 11.1 Å². The number of nitrogens with zero attached hydrogens (tertiary/aromatic N) is 2. The first-order valence-electron chi connectivity index (χ1n) is 12.1. The molecule has 2 aromatic carbocycles. The molecule has 0 saturated carbocycles. The summed E-state index contributed by atoms with van der Waals surface area (Å²) in [6.07, 6.45) is -1.37. The highest BCUT2D eigenvalue weighted by Crippen LogP contribution is 2.32. The lowest BCUT2D eigenvalue weighted by atomic mass is 9.86. The van der Waals surface area contributed by atoms with Crippen LogP contribution in [0.4, 0.5) is 13.2 Å². The Morgan fingerprint density at radius 3 is 2.03 bits per heavy atom. The Kier molecular flexibility index (Phi) is 9.08. The summed E-state index contributed by atoms with van der Waals surface area (Å²) < 4.78 is 38.6. The Hall–Kier alpha value is -3.68. The van der Waals surface area contributed by atoms with Crippen molar-refractivity contribution in [3.8, 4) is 11.1 Å². The molecule has 1 heterocycles. The van der Waals surface area contributed by atoms with Gasteiger partial charge in [0.25, 0.3) is 5.91 Å². The van der Waals surface area contributed by atoms with Gasteiger partial charge in [0.1, 0.15) is 0 Å². The van der Waals surface area contributed by atoms with Crippen LogP contribution in [-0.4, -0.2) is 40.5 Å². The van der Waals surface area contributed by atoms with Gasteiger partial charge in [-0.25, -0.2) is 0 Å². The molecule has 0 fully saturated rings. The number of pyridine rings is 1. The number of carboxylic acids is 1. The molecule has 0 aliphatic carbocycles. The molecule has 8 heteroatoms. The second kappa shape index (κ2) is 12.0. The number of rotatable bonds is 10. The van der Waals surface area contributed by atoms with Crippen LogP contribution in [-0.2, 0) is 17.4 Å². The van der Waals surface area contributed by atoms with E-state index in [1.165, 1.54) is 23.2 Å². The quantitative estimate of drug-likeness (QED) is 0.329. The third-order valence-electron chi connectivity index (χ3n) is 6.22. The highest BCUT2D eigenvalue weighted by Gasteiger charge is 2.30. The van der Waals surface area contributed by atoms with Crippen LogP contribution < -0.4 is 0 Å². The average Bonchev–Trinajstić information content (AvgIpc) is 2.86. The zero-order valence-electron chi connectivity index (χ0n) is 21.1. The maximum absolute atomic E-state index is 12.9. The van der Waals surface area contributed by atoms with Crippen molar-refractivity contribution in [2.45, 2.75) is 45.2 Å². The highest BCUT2D eigenvalue weighted by atomic mass is 19.4. The Labute approximate surface area is 215 Å². The molecular formula is C29H31F3N2O3. The monoisotopic (exact) mass is 512 g/mol. The molecule has 0 spiro atoms. The number of carbonyl (C=O) groups is 2. The maximum Gasteiger partial charge on any atom is 0.416 e. The Morgan fingerprint density at radius 1 is 0.946 bits per heavy atom. The smallest absolute Gasteiger partial charge is 0.416 e. The van der Waals surface area contributed by atoms with Crippen LogP contribution in [0, 0.1) is 5.92 Å². The van der Waals surface area contributed by atoms with Crippen molar-refractivity contribution >= 4 is 11.9 Å². The van der Waals surface area contributed by atoms with Crippen molar-refractivity contribution in [1.82, 2.24) is 9.88 Å². The van der Waals surface area contributed by atoms with Crippen LogP contribution in [0.5, 0.6) is 0 Å². The summed E-state index contributed by atoms with van der Waals surface area (Å²) in [5, 5.41) is 8.81. The van der Waals surface area contributed by atoms with E-state index in [1.54, 1.807) is 13.1 Å². The molecule has 1 atom stereocenters. The lowest BCUT2D eigenvalue weighted by molar-refractivity contribution is -0.138. The summed E-state index contributed by atoms with van der Waals surface area (Å²) in [5.41, 5.74) is 3.24. The number of amides is 1. The molecule has 196 valence electrons. The summed E-state index contributed by atoms with van der Waals surface area (Å²) in [4.78, 5) is 29.1. The third kappa shape index (κ3) is 7.90. The first-order valence-corrected chi connectivity index (χ1v) is 12.1. The largest absolute Gasteiger partial charge is 0.481 e. The Balaban J connectivity index is 1.72. The molecule has 3 rings (SSSR count). The van der Waals surface area contributed by atoms with Gasteiger partial charge in [-0.2, -0.15) is 13.2 Å². The highest BCUT2D eigenvalue weighted by molar-refractivity contribution is 5.93. The molecule has 0 aliphatic heterocycles. The van der Waals surface area contributed by atoms with Gasteiger partial charge in [0.2, 0.25) is 0 Å². The lowest BCUT2D eigenvalue weighted by Crippen LogP contribution is -2.29. The molecule has 3 aromatic rings. The van der Waals surface area contributed by atoms with E-state index >= 15 is 0 Å². The number of benzene rings is 2. The first kappa shape index (κ1) is 27.9. The minimum Gasteiger partial charge on any atom is -0.481 e. The molecule has 1 amide bonds. The molecule has 1 unspecified atom stereocenters. The predicted molar refractivity (Wildman–Crippen MR) is 136 cm³/mol. The minimum atomic E-state index is -4.36. The number of hydrogen-bond donors (Lipinski definition) is 1. The summed E-state index contributed by atoms with van der Waals surface area (Å²) in [7, 11) is 1.56. The first-order chi connectivity index (χ1) is 17.4.